The summed E-state index contributed by atoms with van der Waals surface area (Å²) in [5.41, 5.74) is 0.299. The molecule has 1 fully saturated rings. The highest BCUT2D eigenvalue weighted by Crippen LogP contribution is 2.60. The minimum Gasteiger partial charge on any atom is -0.196 e. The molecule has 0 heterocycles. The van der Waals surface area contributed by atoms with Gasteiger partial charge in [0.1, 0.15) is 4.87 Å². The van der Waals surface area contributed by atoms with Gasteiger partial charge in [0.05, 0.1) is 6.07 Å². The van der Waals surface area contributed by atoms with Crippen LogP contribution in [0.15, 0.2) is 0 Å². The highest BCUT2D eigenvalue weighted by molar-refractivity contribution is 6.26. The zero-order valence-electron chi connectivity index (χ0n) is 7.32. The van der Waals surface area contributed by atoms with Gasteiger partial charge in [-0.25, -0.2) is 0 Å². The summed E-state index contributed by atoms with van der Waals surface area (Å²) in [6, 6.07) is 2.21. The zero-order chi connectivity index (χ0) is 8.70. The van der Waals surface area contributed by atoms with Gasteiger partial charge in [-0.1, -0.05) is 20.8 Å². The van der Waals surface area contributed by atoms with Crippen LogP contribution in [0.5, 0.6) is 0 Å². The van der Waals surface area contributed by atoms with Crippen molar-refractivity contribution in [3.63, 3.8) is 0 Å². The van der Waals surface area contributed by atoms with Gasteiger partial charge < -0.3 is 0 Å². The van der Waals surface area contributed by atoms with Crippen LogP contribution >= 0.6 is 11.6 Å². The molecular weight excluding hydrogens is 158 g/mol. The Hall–Kier alpha value is -0.220. The molecule has 1 nitrogen and oxygen atoms in total. The highest BCUT2D eigenvalue weighted by Gasteiger charge is 2.57. The Kier molecular flexibility index (Phi) is 1.92. The molecule has 1 aliphatic rings. The quantitative estimate of drug-likeness (QED) is 0.586. The lowest BCUT2D eigenvalue weighted by atomic mass is 9.95. The molecule has 0 saturated heterocycles. The van der Waals surface area contributed by atoms with Crippen LogP contribution in [0.3, 0.4) is 0 Å². The zero-order valence-corrected chi connectivity index (χ0v) is 8.07. The van der Waals surface area contributed by atoms with E-state index in [0.29, 0.717) is 11.3 Å². The minimum absolute atomic E-state index is 0.299. The fourth-order valence-electron chi connectivity index (χ4n) is 1.65. The summed E-state index contributed by atoms with van der Waals surface area (Å²) in [6.45, 7) is 6.31. The molecule has 0 aromatic rings. The molecule has 0 amide bonds. The number of rotatable bonds is 2. The lowest BCUT2D eigenvalue weighted by Gasteiger charge is -2.18. The van der Waals surface area contributed by atoms with E-state index in [9.17, 15) is 0 Å². The highest BCUT2D eigenvalue weighted by atomic mass is 35.5. The van der Waals surface area contributed by atoms with Gasteiger partial charge in [0.25, 0.3) is 0 Å². The molecule has 1 aliphatic carbocycles. The first-order valence-electron chi connectivity index (χ1n) is 4.06. The Balaban J connectivity index is 2.69. The Morgan fingerprint density at radius 2 is 2.18 bits per heavy atom. The number of hydrogen-bond donors (Lipinski definition) is 0. The maximum atomic E-state index is 8.85. The van der Waals surface area contributed by atoms with Crippen LogP contribution in [0.4, 0.5) is 0 Å². The monoisotopic (exact) mass is 171 g/mol. The Bertz CT molecular complexity index is 204. The van der Waals surface area contributed by atoms with Crippen molar-refractivity contribution in [1.82, 2.24) is 0 Å². The van der Waals surface area contributed by atoms with Crippen LogP contribution in [0.1, 0.15) is 33.6 Å². The first kappa shape index (κ1) is 8.87. The number of nitriles is 1. The molecule has 0 radical (unpaired) electrons. The van der Waals surface area contributed by atoms with Crippen LogP contribution in [-0.4, -0.2) is 4.87 Å². The molecular formula is C9H14ClN. The first-order valence-corrected chi connectivity index (χ1v) is 4.44. The van der Waals surface area contributed by atoms with E-state index in [2.05, 4.69) is 19.9 Å². The van der Waals surface area contributed by atoms with E-state index in [1.54, 1.807) is 0 Å². The Labute approximate surface area is 73.3 Å². The van der Waals surface area contributed by atoms with Crippen molar-refractivity contribution in [1.29, 1.82) is 5.26 Å². The maximum absolute atomic E-state index is 8.85. The average Bonchev–Trinajstić information content (AvgIpc) is 2.59. The minimum atomic E-state index is -0.594. The van der Waals surface area contributed by atoms with E-state index < -0.39 is 4.87 Å². The predicted molar refractivity (Wildman–Crippen MR) is 46.4 cm³/mol. The summed E-state index contributed by atoms with van der Waals surface area (Å²) in [4.78, 5) is -0.594. The van der Waals surface area contributed by atoms with Crippen molar-refractivity contribution < 1.29 is 0 Å². The molecule has 0 aromatic heterocycles. The Morgan fingerprint density at radius 3 is 2.27 bits per heavy atom. The number of alkyl halides is 1. The fourth-order valence-corrected chi connectivity index (χ4v) is 2.02. The van der Waals surface area contributed by atoms with Crippen LogP contribution in [0, 0.1) is 22.7 Å². The van der Waals surface area contributed by atoms with Gasteiger partial charge in [0, 0.05) is 0 Å². The van der Waals surface area contributed by atoms with Crippen LogP contribution in [0.2, 0.25) is 0 Å². The van der Waals surface area contributed by atoms with E-state index in [0.717, 1.165) is 12.8 Å². The van der Waals surface area contributed by atoms with Crippen molar-refractivity contribution in [2.24, 2.45) is 11.3 Å². The molecule has 0 aliphatic heterocycles. The lowest BCUT2D eigenvalue weighted by Crippen LogP contribution is -2.23. The molecule has 0 bridgehead atoms. The van der Waals surface area contributed by atoms with Crippen LogP contribution < -0.4 is 0 Å². The fraction of sp³-hybridized carbons (Fsp3) is 0.889. The van der Waals surface area contributed by atoms with E-state index in [4.69, 9.17) is 16.9 Å². The standard InChI is InChI=1S/C9H14ClN/c1-4-9(10,6-11)7-5-8(7,2)3/h7H,4-5H2,1-3H3. The van der Waals surface area contributed by atoms with Crippen molar-refractivity contribution >= 4 is 11.6 Å². The smallest absolute Gasteiger partial charge is 0.134 e. The van der Waals surface area contributed by atoms with Gasteiger partial charge in [-0.15, -0.1) is 11.6 Å². The van der Waals surface area contributed by atoms with Gasteiger partial charge in [-0.3, -0.25) is 0 Å². The van der Waals surface area contributed by atoms with E-state index in [-0.39, 0.29) is 0 Å². The predicted octanol–water partition coefficient (Wildman–Crippen LogP) is 2.94. The number of hydrogen-bond acceptors (Lipinski definition) is 1. The third-order valence-corrected chi connectivity index (χ3v) is 3.38. The normalized spacial score (nSPS) is 32.1. The second-order valence-corrected chi connectivity index (χ2v) is 4.75. The average molecular weight is 172 g/mol. The van der Waals surface area contributed by atoms with Gasteiger partial charge in [0.2, 0.25) is 0 Å². The van der Waals surface area contributed by atoms with Crippen LogP contribution in [-0.2, 0) is 0 Å². The molecule has 2 unspecified atom stereocenters. The molecule has 0 spiro atoms. The van der Waals surface area contributed by atoms with Crippen molar-refractivity contribution in [2.75, 3.05) is 0 Å². The van der Waals surface area contributed by atoms with Crippen molar-refractivity contribution in [3.8, 4) is 6.07 Å². The summed E-state index contributed by atoms with van der Waals surface area (Å²) >= 11 is 6.13. The molecule has 11 heavy (non-hydrogen) atoms. The molecule has 0 N–H and O–H groups in total. The van der Waals surface area contributed by atoms with Crippen LogP contribution in [0.25, 0.3) is 0 Å². The molecule has 62 valence electrons. The molecule has 2 heteroatoms. The van der Waals surface area contributed by atoms with Gasteiger partial charge >= 0.3 is 0 Å². The second kappa shape index (κ2) is 2.38. The van der Waals surface area contributed by atoms with E-state index in [1.807, 2.05) is 6.92 Å². The van der Waals surface area contributed by atoms with Gasteiger partial charge in [-0.05, 0) is 24.2 Å². The topological polar surface area (TPSA) is 23.8 Å². The molecule has 1 saturated carbocycles. The van der Waals surface area contributed by atoms with Gasteiger partial charge in [-0.2, -0.15) is 5.26 Å². The molecule has 0 aromatic carbocycles. The summed E-state index contributed by atoms with van der Waals surface area (Å²) in [7, 11) is 0. The van der Waals surface area contributed by atoms with Crippen molar-refractivity contribution in [2.45, 2.75) is 38.5 Å². The molecule has 1 rings (SSSR count). The second-order valence-electron chi connectivity index (χ2n) is 4.07. The largest absolute Gasteiger partial charge is 0.196 e. The summed E-state index contributed by atoms with van der Waals surface area (Å²) in [5, 5.41) is 8.85. The third kappa shape index (κ3) is 1.37. The van der Waals surface area contributed by atoms with E-state index >= 15 is 0 Å². The summed E-state index contributed by atoms with van der Waals surface area (Å²) < 4.78 is 0. The lowest BCUT2D eigenvalue weighted by molar-refractivity contribution is 0.481. The van der Waals surface area contributed by atoms with Crippen molar-refractivity contribution in [3.05, 3.63) is 0 Å². The number of halogens is 1. The van der Waals surface area contributed by atoms with E-state index in [1.165, 1.54) is 0 Å². The number of nitrogens with zero attached hydrogens (tertiary/aromatic N) is 1. The maximum Gasteiger partial charge on any atom is 0.134 e. The Morgan fingerprint density at radius 1 is 1.73 bits per heavy atom. The summed E-state index contributed by atoms with van der Waals surface area (Å²) in [6.07, 6.45) is 1.84. The molecule has 2 atom stereocenters. The SMILES string of the molecule is CCC(Cl)(C#N)C1CC1(C)C. The first-order chi connectivity index (χ1) is 4.96. The summed E-state index contributed by atoms with van der Waals surface area (Å²) in [5.74, 6) is 0.395. The third-order valence-electron chi connectivity index (χ3n) is 2.77. The van der Waals surface area contributed by atoms with Gasteiger partial charge in [0.15, 0.2) is 0 Å².